The molecule has 0 aromatic heterocycles. The van der Waals surface area contributed by atoms with E-state index in [4.69, 9.17) is 9.47 Å². The molecule has 0 aliphatic carbocycles. The van der Waals surface area contributed by atoms with Crippen LogP contribution in [0.5, 0.6) is 11.5 Å². The highest BCUT2D eigenvalue weighted by Gasteiger charge is 2.34. The van der Waals surface area contributed by atoms with Crippen molar-refractivity contribution in [3.05, 3.63) is 96.1 Å². The van der Waals surface area contributed by atoms with Crippen molar-refractivity contribution in [2.75, 3.05) is 7.05 Å². The maximum Gasteiger partial charge on any atom is 0.268 e. The summed E-state index contributed by atoms with van der Waals surface area (Å²) in [6.07, 6.45) is -1.03. The Hall–Kier alpha value is -3.44. The molecule has 3 aromatic rings. The summed E-state index contributed by atoms with van der Waals surface area (Å²) in [6, 6.07) is 26.8. The van der Waals surface area contributed by atoms with Gasteiger partial charge in [-0.2, -0.15) is 0 Å². The summed E-state index contributed by atoms with van der Waals surface area (Å²) >= 11 is 0. The number of amides is 1. The van der Waals surface area contributed by atoms with Gasteiger partial charge in [0.15, 0.2) is 6.23 Å². The minimum atomic E-state index is -0.532. The Morgan fingerprint density at radius 3 is 2.11 bits per heavy atom. The topological polar surface area (TPSA) is 59.9 Å². The first-order valence-corrected chi connectivity index (χ1v) is 9.07. The molecule has 2 unspecified atom stereocenters. The van der Waals surface area contributed by atoms with E-state index in [-0.39, 0.29) is 5.91 Å². The number of benzene rings is 3. The Balaban J connectivity index is 1.57. The van der Waals surface area contributed by atoms with Crippen LogP contribution in [0.25, 0.3) is 0 Å². The van der Waals surface area contributed by atoms with Crippen LogP contribution in [0.1, 0.15) is 23.5 Å². The lowest BCUT2D eigenvalue weighted by Crippen LogP contribution is -2.30. The molecule has 3 aromatic carbocycles. The van der Waals surface area contributed by atoms with E-state index >= 15 is 0 Å². The van der Waals surface area contributed by atoms with Crippen molar-refractivity contribution in [2.24, 2.45) is 4.99 Å². The highest BCUT2D eigenvalue weighted by atomic mass is 16.5. The van der Waals surface area contributed by atoms with Gasteiger partial charge >= 0.3 is 0 Å². The lowest BCUT2D eigenvalue weighted by atomic mass is 10.0. The minimum Gasteiger partial charge on any atom is -0.457 e. The van der Waals surface area contributed by atoms with Crippen molar-refractivity contribution in [1.29, 1.82) is 0 Å². The third-order valence-corrected chi connectivity index (χ3v) is 4.48. The summed E-state index contributed by atoms with van der Waals surface area (Å²) in [5, 5.41) is 2.65. The second-order valence-corrected chi connectivity index (χ2v) is 6.36. The number of hydrogen-bond donors (Lipinski definition) is 1. The van der Waals surface area contributed by atoms with Gasteiger partial charge in [-0.3, -0.25) is 4.79 Å². The first-order valence-electron chi connectivity index (χ1n) is 9.07. The van der Waals surface area contributed by atoms with E-state index in [1.807, 2.05) is 84.9 Å². The van der Waals surface area contributed by atoms with Crippen molar-refractivity contribution in [2.45, 2.75) is 12.3 Å². The fourth-order valence-corrected chi connectivity index (χ4v) is 3.07. The molecule has 5 nitrogen and oxygen atoms in total. The average molecular weight is 372 g/mol. The lowest BCUT2D eigenvalue weighted by Gasteiger charge is -2.15. The van der Waals surface area contributed by atoms with Crippen LogP contribution < -0.4 is 10.1 Å². The highest BCUT2D eigenvalue weighted by Crippen LogP contribution is 2.36. The molecule has 1 aliphatic rings. The summed E-state index contributed by atoms with van der Waals surface area (Å²) in [7, 11) is 1.59. The molecular weight excluding hydrogens is 352 g/mol. The molecule has 1 N–H and O–H groups in total. The number of aliphatic imine (C=N–C) groups is 1. The zero-order valence-electron chi connectivity index (χ0n) is 15.4. The summed E-state index contributed by atoms with van der Waals surface area (Å²) in [5.41, 5.74) is 2.13. The molecule has 0 fully saturated rings. The molecule has 0 saturated carbocycles. The van der Waals surface area contributed by atoms with E-state index in [0.29, 0.717) is 11.5 Å². The van der Waals surface area contributed by atoms with Gasteiger partial charge in [-0.15, -0.1) is 0 Å². The van der Waals surface area contributed by atoms with Crippen molar-refractivity contribution < 1.29 is 14.3 Å². The van der Waals surface area contributed by atoms with E-state index in [0.717, 1.165) is 16.9 Å². The van der Waals surface area contributed by atoms with Crippen molar-refractivity contribution in [1.82, 2.24) is 5.32 Å². The Labute approximate surface area is 163 Å². The van der Waals surface area contributed by atoms with Crippen LogP contribution in [0, 0.1) is 0 Å². The Bertz CT molecular complexity index is 970. The Kier molecular flexibility index (Phi) is 5.17. The third kappa shape index (κ3) is 3.80. The van der Waals surface area contributed by atoms with Crippen molar-refractivity contribution in [3.63, 3.8) is 0 Å². The van der Waals surface area contributed by atoms with Gasteiger partial charge in [-0.1, -0.05) is 60.7 Å². The first-order chi connectivity index (χ1) is 13.7. The molecule has 0 radical (unpaired) electrons. The maximum atomic E-state index is 12.3. The Morgan fingerprint density at radius 1 is 0.857 bits per heavy atom. The van der Waals surface area contributed by atoms with E-state index in [2.05, 4.69) is 10.3 Å². The number of para-hydroxylation sites is 1. The van der Waals surface area contributed by atoms with Crippen molar-refractivity contribution in [3.8, 4) is 11.5 Å². The predicted molar refractivity (Wildman–Crippen MR) is 107 cm³/mol. The van der Waals surface area contributed by atoms with Gasteiger partial charge < -0.3 is 14.8 Å². The van der Waals surface area contributed by atoms with Crippen molar-refractivity contribution >= 4 is 11.6 Å². The molecule has 1 aliphatic heterocycles. The zero-order valence-corrected chi connectivity index (χ0v) is 15.4. The molecule has 4 rings (SSSR count). The molecular formula is C23H20N2O3. The fraction of sp³-hybridized carbons (Fsp3) is 0.130. The smallest absolute Gasteiger partial charge is 0.268 e. The predicted octanol–water partition coefficient (Wildman–Crippen LogP) is 4.44. The SMILES string of the molecule is CNC(=O)C1=NC(c2ccccc2)OC1c1ccc(Oc2ccccc2)cc1. The summed E-state index contributed by atoms with van der Waals surface area (Å²) in [5.74, 6) is 1.24. The second kappa shape index (κ2) is 8.06. The fourth-order valence-electron chi connectivity index (χ4n) is 3.07. The second-order valence-electron chi connectivity index (χ2n) is 6.36. The number of carbonyl (C=O) groups excluding carboxylic acids is 1. The minimum absolute atomic E-state index is 0.243. The lowest BCUT2D eigenvalue weighted by molar-refractivity contribution is -0.114. The van der Waals surface area contributed by atoms with Crippen LogP contribution in [-0.2, 0) is 9.53 Å². The summed E-state index contributed by atoms with van der Waals surface area (Å²) in [4.78, 5) is 16.9. The van der Waals surface area contributed by atoms with Gasteiger partial charge in [0, 0.05) is 12.6 Å². The van der Waals surface area contributed by atoms with Crippen LogP contribution >= 0.6 is 0 Å². The highest BCUT2D eigenvalue weighted by molar-refractivity contribution is 6.40. The van der Waals surface area contributed by atoms with E-state index in [1.165, 1.54) is 0 Å². The molecule has 0 spiro atoms. The zero-order chi connectivity index (χ0) is 19.3. The Morgan fingerprint density at radius 2 is 1.46 bits per heavy atom. The number of nitrogens with one attached hydrogen (secondary N) is 1. The molecule has 1 amide bonds. The van der Waals surface area contributed by atoms with Crippen LogP contribution in [0.2, 0.25) is 0 Å². The van der Waals surface area contributed by atoms with Gasteiger partial charge in [0.05, 0.1) is 0 Å². The molecule has 140 valence electrons. The largest absolute Gasteiger partial charge is 0.457 e. The molecule has 28 heavy (non-hydrogen) atoms. The monoisotopic (exact) mass is 372 g/mol. The van der Waals surface area contributed by atoms with Gasteiger partial charge in [-0.25, -0.2) is 4.99 Å². The van der Waals surface area contributed by atoms with Crippen LogP contribution in [0.3, 0.4) is 0 Å². The number of carbonyl (C=O) groups is 1. The standard InChI is InChI=1S/C23H20N2O3/c1-24-22(26)20-21(28-23(25-20)17-8-4-2-5-9-17)16-12-14-19(15-13-16)27-18-10-6-3-7-11-18/h2-15,21,23H,1H3,(H,24,26). The van der Waals surface area contributed by atoms with E-state index in [9.17, 15) is 4.79 Å². The van der Waals surface area contributed by atoms with Crippen LogP contribution in [-0.4, -0.2) is 18.7 Å². The maximum absolute atomic E-state index is 12.3. The molecule has 5 heteroatoms. The molecule has 0 saturated heterocycles. The van der Waals surface area contributed by atoms with Gasteiger partial charge in [0.25, 0.3) is 5.91 Å². The molecule has 2 atom stereocenters. The number of nitrogens with zero attached hydrogens (tertiary/aromatic N) is 1. The van der Waals surface area contributed by atoms with Gasteiger partial charge in [0.1, 0.15) is 23.3 Å². The normalized spacial score (nSPS) is 18.4. The van der Waals surface area contributed by atoms with Gasteiger partial charge in [0.2, 0.25) is 0 Å². The third-order valence-electron chi connectivity index (χ3n) is 4.48. The summed E-state index contributed by atoms with van der Waals surface area (Å²) < 4.78 is 12.0. The van der Waals surface area contributed by atoms with E-state index in [1.54, 1.807) is 7.05 Å². The first kappa shape index (κ1) is 17.9. The number of rotatable bonds is 5. The van der Waals surface area contributed by atoms with Crippen LogP contribution in [0.4, 0.5) is 0 Å². The number of ether oxygens (including phenoxy) is 2. The number of hydrogen-bond acceptors (Lipinski definition) is 4. The average Bonchev–Trinajstić information content (AvgIpc) is 3.21. The molecule has 1 heterocycles. The van der Waals surface area contributed by atoms with Crippen LogP contribution in [0.15, 0.2) is 89.9 Å². The molecule has 0 bridgehead atoms. The van der Waals surface area contributed by atoms with Gasteiger partial charge in [-0.05, 0) is 29.8 Å². The van der Waals surface area contributed by atoms with E-state index < -0.39 is 12.3 Å². The quantitative estimate of drug-likeness (QED) is 0.720. The summed E-state index contributed by atoms with van der Waals surface area (Å²) in [6.45, 7) is 0.